The number of rotatable bonds is 9. The van der Waals surface area contributed by atoms with Crippen molar-refractivity contribution in [2.75, 3.05) is 12.3 Å². The second-order valence-corrected chi connectivity index (χ2v) is 9.76. The Kier molecular flexibility index (Phi) is 7.78. The molecule has 0 bridgehead atoms. The van der Waals surface area contributed by atoms with Gasteiger partial charge in [0.25, 0.3) is 5.91 Å². The maximum atomic E-state index is 13.6. The fraction of sp³-hybridized carbons (Fsp3) is 0.250. The van der Waals surface area contributed by atoms with Gasteiger partial charge in [-0.3, -0.25) is 13.9 Å². The number of nitrogens with two attached hydrogens (primary N) is 1. The summed E-state index contributed by atoms with van der Waals surface area (Å²) < 4.78 is 8.66. The van der Waals surface area contributed by atoms with Crippen molar-refractivity contribution in [2.24, 2.45) is 5.41 Å². The van der Waals surface area contributed by atoms with Crippen LogP contribution in [0, 0.1) is 16.7 Å². The number of imidazole rings is 1. The van der Waals surface area contributed by atoms with Gasteiger partial charge < -0.3 is 20.9 Å². The van der Waals surface area contributed by atoms with Crippen LogP contribution >= 0.6 is 0 Å². The predicted octanol–water partition coefficient (Wildman–Crippen LogP) is 2.93. The lowest BCUT2D eigenvalue weighted by Crippen LogP contribution is -2.39. The van der Waals surface area contributed by atoms with E-state index in [4.69, 9.17) is 10.5 Å². The number of aliphatic hydroxyl groups is 1. The smallest absolute Gasteiger partial charge is 0.335 e. The van der Waals surface area contributed by atoms with E-state index in [1.165, 1.54) is 21.5 Å². The highest BCUT2D eigenvalue weighted by Crippen LogP contribution is 2.25. The first-order chi connectivity index (χ1) is 18.6. The van der Waals surface area contributed by atoms with E-state index in [2.05, 4.69) is 15.3 Å². The summed E-state index contributed by atoms with van der Waals surface area (Å²) in [6.45, 7) is 4.96. The molecule has 0 radical (unpaired) electrons. The van der Waals surface area contributed by atoms with Crippen LogP contribution in [0.2, 0.25) is 0 Å². The third kappa shape index (κ3) is 5.97. The van der Waals surface area contributed by atoms with Crippen LogP contribution in [0.25, 0.3) is 16.9 Å². The van der Waals surface area contributed by atoms with E-state index >= 15 is 0 Å². The number of amides is 1. The van der Waals surface area contributed by atoms with Gasteiger partial charge in [0.2, 0.25) is 0 Å². The molecule has 11 heteroatoms. The predicted molar refractivity (Wildman–Crippen MR) is 146 cm³/mol. The Bertz CT molecular complexity index is 1610. The third-order valence-electron chi connectivity index (χ3n) is 5.95. The first-order valence-corrected chi connectivity index (χ1v) is 12.2. The van der Waals surface area contributed by atoms with Crippen molar-refractivity contribution in [1.29, 1.82) is 5.26 Å². The Labute approximate surface area is 224 Å². The molecule has 200 valence electrons. The van der Waals surface area contributed by atoms with Crippen LogP contribution in [0.5, 0.6) is 11.5 Å². The third-order valence-corrected chi connectivity index (χ3v) is 5.95. The van der Waals surface area contributed by atoms with Crippen LogP contribution in [-0.2, 0) is 11.3 Å². The average Bonchev–Trinajstić information content (AvgIpc) is 3.20. The van der Waals surface area contributed by atoms with Gasteiger partial charge >= 0.3 is 5.69 Å². The Morgan fingerprint density at radius 3 is 2.49 bits per heavy atom. The van der Waals surface area contributed by atoms with Crippen molar-refractivity contribution in [3.05, 3.63) is 83.1 Å². The lowest BCUT2D eigenvalue weighted by Gasteiger charge is -2.18. The van der Waals surface area contributed by atoms with Gasteiger partial charge in [-0.25, -0.2) is 14.8 Å². The van der Waals surface area contributed by atoms with Crippen LogP contribution in [-0.4, -0.2) is 42.8 Å². The van der Waals surface area contributed by atoms with Gasteiger partial charge in [-0.1, -0.05) is 38.1 Å². The lowest BCUT2D eigenvalue weighted by molar-refractivity contribution is -0.117. The number of hydrogen-bond donors (Lipinski definition) is 3. The first kappa shape index (κ1) is 27.1. The highest BCUT2D eigenvalue weighted by atomic mass is 16.5. The highest BCUT2D eigenvalue weighted by Gasteiger charge is 2.23. The molecule has 1 unspecified atom stereocenters. The van der Waals surface area contributed by atoms with Crippen LogP contribution < -0.4 is 21.5 Å². The second kappa shape index (κ2) is 11.2. The molecule has 4 aromatic rings. The highest BCUT2D eigenvalue weighted by molar-refractivity contribution is 5.97. The number of hydrogen-bond acceptors (Lipinski definition) is 8. The van der Waals surface area contributed by atoms with Crippen molar-refractivity contribution >= 4 is 22.9 Å². The number of carbonyl (C=O) groups is 1. The van der Waals surface area contributed by atoms with Crippen molar-refractivity contribution in [1.82, 2.24) is 24.4 Å². The van der Waals surface area contributed by atoms with E-state index < -0.39 is 23.1 Å². The fourth-order valence-electron chi connectivity index (χ4n) is 4.00. The number of nitrogens with zero attached hydrogens (tertiary/aromatic N) is 5. The van der Waals surface area contributed by atoms with Crippen molar-refractivity contribution in [3.8, 4) is 23.3 Å². The first-order valence-electron chi connectivity index (χ1n) is 12.2. The van der Waals surface area contributed by atoms with Crippen molar-refractivity contribution in [3.63, 3.8) is 0 Å². The number of aromatic nitrogens is 4. The summed E-state index contributed by atoms with van der Waals surface area (Å²) in [5, 5.41) is 21.7. The van der Waals surface area contributed by atoms with Crippen LogP contribution in [0.4, 0.5) is 5.82 Å². The van der Waals surface area contributed by atoms with E-state index in [0.29, 0.717) is 28.4 Å². The molecule has 39 heavy (non-hydrogen) atoms. The van der Waals surface area contributed by atoms with Crippen molar-refractivity contribution in [2.45, 2.75) is 33.4 Å². The lowest BCUT2D eigenvalue weighted by atomic mass is 9.92. The molecule has 4 rings (SSSR count). The monoisotopic (exact) mass is 527 g/mol. The number of nitriles is 1. The molecule has 0 aliphatic heterocycles. The van der Waals surface area contributed by atoms with E-state index in [9.17, 15) is 20.0 Å². The molecule has 2 aromatic heterocycles. The molecule has 4 N–H and O–H groups in total. The van der Waals surface area contributed by atoms with Gasteiger partial charge in [0, 0.05) is 18.0 Å². The van der Waals surface area contributed by atoms with E-state index in [-0.39, 0.29) is 24.5 Å². The summed E-state index contributed by atoms with van der Waals surface area (Å²) in [6, 6.07) is 17.6. The maximum absolute atomic E-state index is 13.6. The molecule has 2 heterocycles. The Hall–Kier alpha value is -4.95. The maximum Gasteiger partial charge on any atom is 0.335 e. The molecule has 1 atom stereocenters. The van der Waals surface area contributed by atoms with Gasteiger partial charge in [-0.05, 0) is 43.3 Å². The number of nitrogens with one attached hydrogen (secondary N) is 1. The molecular formula is C28H29N7O4. The molecule has 0 aliphatic rings. The zero-order valence-corrected chi connectivity index (χ0v) is 21.8. The minimum atomic E-state index is -0.744. The molecule has 11 nitrogen and oxygen atoms in total. The van der Waals surface area contributed by atoms with E-state index in [0.717, 1.165) is 0 Å². The molecule has 0 fully saturated rings. The zero-order chi connectivity index (χ0) is 28.2. The number of carbonyl (C=O) groups excluding carboxylic acids is 1. The molecule has 0 saturated carbocycles. The number of anilines is 1. The minimum Gasteiger partial charge on any atom is -0.457 e. The number of ether oxygens (including phenoxy) is 1. The standard InChI is InChI=1S/C28H29N7O4/c1-18(33-26(37)19(14-29)13-28(2,3)16-36)15-34-25-23(24(30)31-17-32-25)35(27(34)38)20-9-11-22(12-10-20)39-21-7-5-4-6-8-21/h4-13,17-18,36H,15-16H2,1-3H3,(H,33,37)(H2,30,31,32). The van der Waals surface area contributed by atoms with Gasteiger partial charge in [-0.15, -0.1) is 0 Å². The minimum absolute atomic E-state index is 0.0574. The van der Waals surface area contributed by atoms with Crippen LogP contribution in [0.1, 0.15) is 20.8 Å². The summed E-state index contributed by atoms with van der Waals surface area (Å²) in [7, 11) is 0. The summed E-state index contributed by atoms with van der Waals surface area (Å²) in [4.78, 5) is 34.7. The largest absolute Gasteiger partial charge is 0.457 e. The number of benzene rings is 2. The van der Waals surface area contributed by atoms with Crippen LogP contribution in [0.15, 0.2) is 77.4 Å². The number of aliphatic hydroxyl groups excluding tert-OH is 1. The SMILES string of the molecule is CC(Cn1c(=O)n(-c2ccc(Oc3ccccc3)cc2)c2c(N)ncnc21)NC(=O)C(C#N)=CC(C)(C)CO. The van der Waals surface area contributed by atoms with Crippen molar-refractivity contribution < 1.29 is 14.6 Å². The molecule has 1 amide bonds. The quantitative estimate of drug-likeness (QED) is 0.221. The van der Waals surface area contributed by atoms with Gasteiger partial charge in [0.05, 0.1) is 12.3 Å². The number of fused-ring (bicyclic) bond motifs is 1. The summed E-state index contributed by atoms with van der Waals surface area (Å²) in [5.74, 6) is 0.791. The van der Waals surface area contributed by atoms with Gasteiger partial charge in [0.15, 0.2) is 11.5 Å². The van der Waals surface area contributed by atoms with E-state index in [1.807, 2.05) is 36.4 Å². The Balaban J connectivity index is 1.64. The normalized spacial score (nSPS) is 12.6. The molecule has 0 saturated heterocycles. The molecule has 0 aliphatic carbocycles. The Morgan fingerprint density at radius 2 is 1.85 bits per heavy atom. The Morgan fingerprint density at radius 1 is 1.18 bits per heavy atom. The zero-order valence-electron chi connectivity index (χ0n) is 21.8. The topological polar surface area (TPSA) is 161 Å². The molecule has 0 spiro atoms. The average molecular weight is 528 g/mol. The van der Waals surface area contributed by atoms with E-state index in [1.54, 1.807) is 45.0 Å². The number of nitrogen functional groups attached to an aromatic ring is 1. The summed E-state index contributed by atoms with van der Waals surface area (Å²) >= 11 is 0. The molecule has 2 aromatic carbocycles. The second-order valence-electron chi connectivity index (χ2n) is 9.76. The molecular weight excluding hydrogens is 498 g/mol. The fourth-order valence-corrected chi connectivity index (χ4v) is 4.00. The van der Waals surface area contributed by atoms with Crippen LogP contribution in [0.3, 0.4) is 0 Å². The number of para-hydroxylation sites is 1. The summed E-state index contributed by atoms with van der Waals surface area (Å²) in [6.07, 6.45) is 2.69. The van der Waals surface area contributed by atoms with Gasteiger partial charge in [-0.2, -0.15) is 5.26 Å². The van der Waals surface area contributed by atoms with Gasteiger partial charge in [0.1, 0.15) is 35.0 Å². The summed E-state index contributed by atoms with van der Waals surface area (Å²) in [5.41, 5.74) is 6.04.